The van der Waals surface area contributed by atoms with Crippen molar-refractivity contribution in [2.45, 2.75) is 32.2 Å². The van der Waals surface area contributed by atoms with Gasteiger partial charge in [-0.05, 0) is 25.2 Å². The van der Waals surface area contributed by atoms with Crippen molar-refractivity contribution in [3.05, 3.63) is 18.7 Å². The van der Waals surface area contributed by atoms with Crippen molar-refractivity contribution in [3.8, 4) is 0 Å². The van der Waals surface area contributed by atoms with Crippen molar-refractivity contribution >= 4 is 15.9 Å². The molecule has 0 aliphatic carbocycles. The van der Waals surface area contributed by atoms with Crippen molar-refractivity contribution in [2.24, 2.45) is 5.92 Å². The Morgan fingerprint density at radius 1 is 1.45 bits per heavy atom. The molecule has 0 spiro atoms. The third-order valence-corrected chi connectivity index (χ3v) is 5.19. The van der Waals surface area contributed by atoms with Crippen LogP contribution in [0.2, 0.25) is 0 Å². The molecule has 2 heterocycles. The molecule has 0 bridgehead atoms. The standard InChI is InChI=1S/C14H24N4O3S/c1-22(20,21)18-8-2-4-13(11-18)10-16-14(19)5-3-7-17-9-6-15-12-17/h6,9,12-13H,2-5,7-8,10-11H2,1H3,(H,16,19). The van der Waals surface area contributed by atoms with Crippen LogP contribution in [0.25, 0.3) is 0 Å². The molecule has 1 N–H and O–H groups in total. The monoisotopic (exact) mass is 328 g/mol. The second-order valence-electron chi connectivity index (χ2n) is 5.84. The summed E-state index contributed by atoms with van der Waals surface area (Å²) in [6.45, 7) is 2.43. The lowest BCUT2D eigenvalue weighted by Crippen LogP contribution is -2.43. The number of sulfonamides is 1. The van der Waals surface area contributed by atoms with E-state index in [0.717, 1.165) is 25.8 Å². The predicted molar refractivity (Wildman–Crippen MR) is 83.6 cm³/mol. The molecule has 1 aromatic rings. The number of carbonyl (C=O) groups excluding carboxylic acids is 1. The molecule has 7 nitrogen and oxygen atoms in total. The molecule has 1 aliphatic heterocycles. The molecule has 0 saturated carbocycles. The molecule has 1 aliphatic rings. The van der Waals surface area contributed by atoms with Crippen molar-refractivity contribution in [1.29, 1.82) is 0 Å². The zero-order valence-electron chi connectivity index (χ0n) is 12.9. The van der Waals surface area contributed by atoms with E-state index in [0.29, 0.717) is 26.1 Å². The van der Waals surface area contributed by atoms with Crippen molar-refractivity contribution in [1.82, 2.24) is 19.2 Å². The fourth-order valence-electron chi connectivity index (χ4n) is 2.68. The van der Waals surface area contributed by atoms with Crippen LogP contribution >= 0.6 is 0 Å². The van der Waals surface area contributed by atoms with Crippen LogP contribution in [0.4, 0.5) is 0 Å². The van der Waals surface area contributed by atoms with Crippen LogP contribution < -0.4 is 5.32 Å². The van der Waals surface area contributed by atoms with Gasteiger partial charge >= 0.3 is 0 Å². The lowest BCUT2D eigenvalue weighted by molar-refractivity contribution is -0.121. The van der Waals surface area contributed by atoms with Gasteiger partial charge in [-0.15, -0.1) is 0 Å². The van der Waals surface area contributed by atoms with E-state index in [1.165, 1.54) is 10.6 Å². The minimum atomic E-state index is -3.12. The average molecular weight is 328 g/mol. The summed E-state index contributed by atoms with van der Waals surface area (Å²) in [5, 5.41) is 2.92. The Hall–Kier alpha value is -1.41. The second-order valence-corrected chi connectivity index (χ2v) is 7.82. The quantitative estimate of drug-likeness (QED) is 0.788. The number of hydrogen-bond donors (Lipinski definition) is 1. The van der Waals surface area contributed by atoms with Gasteiger partial charge in [0.15, 0.2) is 0 Å². The summed E-state index contributed by atoms with van der Waals surface area (Å²) in [7, 11) is -3.12. The zero-order valence-corrected chi connectivity index (χ0v) is 13.8. The highest BCUT2D eigenvalue weighted by Crippen LogP contribution is 2.17. The minimum Gasteiger partial charge on any atom is -0.356 e. The SMILES string of the molecule is CS(=O)(=O)N1CCCC(CNC(=O)CCCn2ccnc2)C1. The fourth-order valence-corrected chi connectivity index (χ4v) is 3.62. The summed E-state index contributed by atoms with van der Waals surface area (Å²) in [6.07, 6.45) is 9.62. The van der Waals surface area contributed by atoms with Crippen LogP contribution in [-0.2, 0) is 21.4 Å². The summed E-state index contributed by atoms with van der Waals surface area (Å²) in [6, 6.07) is 0. The number of amides is 1. The third-order valence-electron chi connectivity index (χ3n) is 3.92. The first-order chi connectivity index (χ1) is 10.4. The van der Waals surface area contributed by atoms with E-state index in [1.807, 2.05) is 10.8 Å². The van der Waals surface area contributed by atoms with Crippen LogP contribution in [0.3, 0.4) is 0 Å². The number of aryl methyl sites for hydroxylation is 1. The summed E-state index contributed by atoms with van der Waals surface area (Å²) in [4.78, 5) is 15.8. The zero-order chi connectivity index (χ0) is 16.0. The maximum absolute atomic E-state index is 11.8. The summed E-state index contributed by atoms with van der Waals surface area (Å²) < 4.78 is 26.6. The highest BCUT2D eigenvalue weighted by atomic mass is 32.2. The van der Waals surface area contributed by atoms with Crippen LogP contribution in [-0.4, -0.2) is 54.1 Å². The summed E-state index contributed by atoms with van der Waals surface area (Å²) in [5.74, 6) is 0.234. The highest BCUT2D eigenvalue weighted by molar-refractivity contribution is 7.88. The normalized spacial score (nSPS) is 20.0. The number of nitrogens with one attached hydrogen (secondary N) is 1. The smallest absolute Gasteiger partial charge is 0.220 e. The van der Waals surface area contributed by atoms with Crippen LogP contribution in [0.1, 0.15) is 25.7 Å². The maximum Gasteiger partial charge on any atom is 0.220 e. The van der Waals surface area contributed by atoms with Gasteiger partial charge in [-0.3, -0.25) is 4.79 Å². The molecule has 1 saturated heterocycles. The first-order valence-corrected chi connectivity index (χ1v) is 9.47. The molecule has 2 rings (SSSR count). The largest absolute Gasteiger partial charge is 0.356 e. The lowest BCUT2D eigenvalue weighted by atomic mass is 10.00. The number of hydrogen-bond acceptors (Lipinski definition) is 4. The molecule has 1 amide bonds. The Morgan fingerprint density at radius 3 is 2.95 bits per heavy atom. The Morgan fingerprint density at radius 2 is 2.27 bits per heavy atom. The van der Waals surface area contributed by atoms with Crippen LogP contribution in [0.5, 0.6) is 0 Å². The summed E-state index contributed by atoms with van der Waals surface area (Å²) >= 11 is 0. The molecule has 8 heteroatoms. The number of carbonyl (C=O) groups is 1. The lowest BCUT2D eigenvalue weighted by Gasteiger charge is -2.30. The van der Waals surface area contributed by atoms with Gasteiger partial charge in [0.2, 0.25) is 15.9 Å². The van der Waals surface area contributed by atoms with Gasteiger partial charge in [-0.2, -0.15) is 0 Å². The maximum atomic E-state index is 11.8. The van der Waals surface area contributed by atoms with Gasteiger partial charge in [-0.1, -0.05) is 0 Å². The Bertz CT molecular complexity index is 571. The van der Waals surface area contributed by atoms with Crippen molar-refractivity contribution < 1.29 is 13.2 Å². The topological polar surface area (TPSA) is 84.3 Å². The Kier molecular flexibility index (Phi) is 5.96. The number of rotatable bonds is 7. The van der Waals surface area contributed by atoms with E-state index in [9.17, 15) is 13.2 Å². The number of aromatic nitrogens is 2. The Balaban J connectivity index is 1.65. The molecular formula is C14H24N4O3S. The van der Waals surface area contributed by atoms with Crippen LogP contribution in [0, 0.1) is 5.92 Å². The van der Waals surface area contributed by atoms with Crippen molar-refractivity contribution in [3.63, 3.8) is 0 Å². The molecule has 1 aromatic heterocycles. The van der Waals surface area contributed by atoms with Gasteiger partial charge in [0.25, 0.3) is 0 Å². The molecule has 1 fully saturated rings. The molecule has 22 heavy (non-hydrogen) atoms. The van der Waals surface area contributed by atoms with Gasteiger partial charge in [-0.25, -0.2) is 17.7 Å². The van der Waals surface area contributed by atoms with E-state index in [1.54, 1.807) is 12.5 Å². The molecule has 0 radical (unpaired) electrons. The van der Waals surface area contributed by atoms with E-state index in [-0.39, 0.29) is 11.8 Å². The fraction of sp³-hybridized carbons (Fsp3) is 0.714. The predicted octanol–water partition coefficient (Wildman–Crippen LogP) is 0.451. The van der Waals surface area contributed by atoms with E-state index in [4.69, 9.17) is 0 Å². The summed E-state index contributed by atoms with van der Waals surface area (Å²) in [5.41, 5.74) is 0. The molecule has 1 unspecified atom stereocenters. The number of imidazole rings is 1. The van der Waals surface area contributed by atoms with Crippen molar-refractivity contribution in [2.75, 3.05) is 25.9 Å². The second kappa shape index (κ2) is 7.73. The average Bonchev–Trinajstić information content (AvgIpc) is 2.98. The molecular weight excluding hydrogens is 304 g/mol. The minimum absolute atomic E-state index is 0.0246. The highest BCUT2D eigenvalue weighted by Gasteiger charge is 2.25. The first kappa shape index (κ1) is 17.0. The third kappa shape index (κ3) is 5.42. The number of piperidine rings is 1. The van der Waals surface area contributed by atoms with Gasteiger partial charge in [0, 0.05) is 45.0 Å². The first-order valence-electron chi connectivity index (χ1n) is 7.62. The van der Waals surface area contributed by atoms with E-state index < -0.39 is 10.0 Å². The number of nitrogens with zero attached hydrogens (tertiary/aromatic N) is 3. The molecule has 1 atom stereocenters. The molecule has 124 valence electrons. The van der Waals surface area contributed by atoms with Gasteiger partial charge in [0.05, 0.1) is 12.6 Å². The van der Waals surface area contributed by atoms with E-state index >= 15 is 0 Å². The molecule has 0 aromatic carbocycles. The van der Waals surface area contributed by atoms with Gasteiger partial charge < -0.3 is 9.88 Å². The Labute approximate surface area is 131 Å². The van der Waals surface area contributed by atoms with Gasteiger partial charge in [0.1, 0.15) is 0 Å². The van der Waals surface area contributed by atoms with Crippen LogP contribution in [0.15, 0.2) is 18.7 Å². The van der Waals surface area contributed by atoms with E-state index in [2.05, 4.69) is 10.3 Å².